The van der Waals surface area contributed by atoms with E-state index in [4.69, 9.17) is 4.74 Å². The molecule has 7 heteroatoms. The Morgan fingerprint density at radius 1 is 0.507 bits per heavy atom. The number of benzene rings is 6. The number of rotatable bonds is 9. The first-order valence-electron chi connectivity index (χ1n) is 25.0. The molecule has 0 amide bonds. The lowest BCUT2D eigenvalue weighted by molar-refractivity contribution is 0.100. The fourth-order valence-electron chi connectivity index (χ4n) is 11.8. The van der Waals surface area contributed by atoms with Gasteiger partial charge in [0, 0.05) is 91.7 Å². The van der Waals surface area contributed by atoms with Gasteiger partial charge in [0.05, 0.1) is 23.7 Å². The Kier molecular flexibility index (Phi) is 12.0. The van der Waals surface area contributed by atoms with E-state index >= 15 is 0 Å². The Labute approximate surface area is 405 Å². The van der Waals surface area contributed by atoms with Crippen molar-refractivity contribution in [2.45, 2.75) is 112 Å². The Bertz CT molecular complexity index is 3660. The first-order chi connectivity index (χ1) is 33.4. The molecular weight excluding hydrogens is 851 g/mol. The van der Waals surface area contributed by atoms with E-state index in [2.05, 4.69) is 121 Å². The minimum Gasteiger partial charge on any atom is -0.507 e. The van der Waals surface area contributed by atoms with Gasteiger partial charge in [-0.15, -0.1) is 0 Å². The monoisotopic (exact) mass is 913 g/mol. The van der Waals surface area contributed by atoms with Crippen molar-refractivity contribution in [3.8, 4) is 11.5 Å². The van der Waals surface area contributed by atoms with Crippen LogP contribution in [-0.2, 0) is 38.9 Å². The lowest BCUT2D eigenvalue weighted by Gasteiger charge is -2.07. The number of aromatic hydroxyl groups is 1. The standard InChI is InChI=1S/C21H21NO2.C21H21NO.C20H21NO/c1-4-9-22-18-8-7-14-12(2)5-6-15(14)21(18)17-10-16(13(3)23)20(24)11-19(17)22;1-4-11-22-19-9-6-15(14(3)23)12-18(19)21-17-7-5-13(2)16(17)8-10-20(21)22;1-4-11-21-18-10-9-15-13(2)5-7-16(15)20(18)17-8-6-14(22-3)12-19(17)21/h7-8,10-11,24H,2,4-6,9H2,1,3H3;6,8-10,12H,2,4-5,7,11H2,1,3H3;6,8-10,12H,2,4-5,7,11H2,1,3H3. The maximum Gasteiger partial charge on any atom is 0.163 e. The summed E-state index contributed by atoms with van der Waals surface area (Å²) in [6.45, 7) is 25.3. The lowest BCUT2D eigenvalue weighted by Crippen LogP contribution is -1.97. The Balaban J connectivity index is 0.000000120. The van der Waals surface area contributed by atoms with Crippen molar-refractivity contribution >= 4 is 93.7 Å². The van der Waals surface area contributed by atoms with Gasteiger partial charge >= 0.3 is 0 Å². The molecule has 7 nitrogen and oxygen atoms in total. The van der Waals surface area contributed by atoms with Crippen LogP contribution in [-0.4, -0.2) is 37.5 Å². The molecule has 3 heterocycles. The van der Waals surface area contributed by atoms with Gasteiger partial charge in [0.15, 0.2) is 11.6 Å². The SMILES string of the molecule is C=C1CCc2c1ccc1c2c2cc(C(C)=O)c(O)cc2n1CCC.C=C1CCc2c1ccc1c2c2cc(C(C)=O)ccc2n1CCC.C=C1CCc2c1ccc1c2c2ccc(OC)cc2n1CCC. The number of hydrogen-bond acceptors (Lipinski definition) is 4. The fourth-order valence-corrected chi connectivity index (χ4v) is 11.8. The molecule has 0 bridgehead atoms. The van der Waals surface area contributed by atoms with Crippen LogP contribution >= 0.6 is 0 Å². The number of ether oxygens (including phenoxy) is 1. The Morgan fingerprint density at radius 3 is 1.39 bits per heavy atom. The number of nitrogens with zero attached hydrogens (tertiary/aromatic N) is 3. The number of fused-ring (bicyclic) bond motifs is 15. The van der Waals surface area contributed by atoms with Crippen LogP contribution in [0.3, 0.4) is 0 Å². The largest absolute Gasteiger partial charge is 0.507 e. The molecule has 350 valence electrons. The maximum atomic E-state index is 11.9. The highest BCUT2D eigenvalue weighted by atomic mass is 16.5. The molecule has 0 aliphatic heterocycles. The third-order valence-electron chi connectivity index (χ3n) is 15.0. The van der Waals surface area contributed by atoms with Gasteiger partial charge < -0.3 is 23.5 Å². The molecular formula is C62H63N3O4. The molecule has 3 aromatic heterocycles. The molecule has 0 atom stereocenters. The first kappa shape index (κ1) is 45.7. The van der Waals surface area contributed by atoms with Crippen LogP contribution in [0.2, 0.25) is 0 Å². The molecule has 3 aliphatic carbocycles. The highest BCUT2D eigenvalue weighted by molar-refractivity contribution is 6.16. The molecule has 6 aromatic carbocycles. The van der Waals surface area contributed by atoms with Crippen LogP contribution < -0.4 is 4.74 Å². The van der Waals surface area contributed by atoms with Gasteiger partial charge in [0.1, 0.15) is 11.5 Å². The number of methoxy groups -OCH3 is 1. The van der Waals surface area contributed by atoms with E-state index in [0.29, 0.717) is 5.56 Å². The highest BCUT2D eigenvalue weighted by Gasteiger charge is 2.26. The number of aryl methyl sites for hydroxylation is 6. The first-order valence-corrected chi connectivity index (χ1v) is 25.0. The van der Waals surface area contributed by atoms with E-state index in [1.165, 1.54) is 112 Å². The van der Waals surface area contributed by atoms with Crippen LogP contribution in [0, 0.1) is 0 Å². The van der Waals surface area contributed by atoms with Gasteiger partial charge in [-0.05, 0) is 176 Å². The summed E-state index contributed by atoms with van der Waals surface area (Å²) in [7, 11) is 1.73. The van der Waals surface area contributed by atoms with Crippen molar-refractivity contribution in [2.75, 3.05) is 7.11 Å². The molecule has 9 aromatic rings. The minimum atomic E-state index is -0.109. The predicted molar refractivity (Wildman–Crippen MR) is 289 cm³/mol. The second-order valence-corrected chi connectivity index (χ2v) is 19.3. The summed E-state index contributed by atoms with van der Waals surface area (Å²) in [6, 6.07) is 29.5. The second-order valence-electron chi connectivity index (χ2n) is 19.3. The molecule has 69 heavy (non-hydrogen) atoms. The summed E-state index contributed by atoms with van der Waals surface area (Å²) < 4.78 is 12.5. The third-order valence-corrected chi connectivity index (χ3v) is 15.0. The van der Waals surface area contributed by atoms with E-state index in [1.54, 1.807) is 20.1 Å². The Hall–Kier alpha value is -7.12. The number of phenolic OH excluding ortho intramolecular Hbond substituents is 1. The normalized spacial score (nSPS) is 13.9. The lowest BCUT2D eigenvalue weighted by atomic mass is 10.00. The maximum absolute atomic E-state index is 11.9. The van der Waals surface area contributed by atoms with Crippen molar-refractivity contribution < 1.29 is 19.4 Å². The zero-order valence-electron chi connectivity index (χ0n) is 41.2. The van der Waals surface area contributed by atoms with Gasteiger partial charge in [-0.1, -0.05) is 58.7 Å². The number of ketones is 2. The van der Waals surface area contributed by atoms with Crippen LogP contribution in [0.25, 0.3) is 82.1 Å². The van der Waals surface area contributed by atoms with Crippen LogP contribution in [0.4, 0.5) is 0 Å². The number of phenols is 1. The van der Waals surface area contributed by atoms with E-state index in [0.717, 1.165) is 99.6 Å². The van der Waals surface area contributed by atoms with Crippen molar-refractivity contribution in [2.24, 2.45) is 0 Å². The number of carbonyl (C=O) groups is 2. The van der Waals surface area contributed by atoms with Gasteiger partial charge in [-0.3, -0.25) is 9.59 Å². The van der Waals surface area contributed by atoms with Crippen LogP contribution in [0.5, 0.6) is 11.5 Å². The summed E-state index contributed by atoms with van der Waals surface area (Å²) in [5.41, 5.74) is 20.4. The quantitative estimate of drug-likeness (QED) is 0.146. The van der Waals surface area contributed by atoms with Crippen molar-refractivity contribution in [1.29, 1.82) is 0 Å². The number of carbonyl (C=O) groups excluding carboxylic acids is 2. The summed E-state index contributed by atoms with van der Waals surface area (Å²) in [5, 5.41) is 17.9. The minimum absolute atomic E-state index is 0.0659. The average molecular weight is 914 g/mol. The zero-order valence-corrected chi connectivity index (χ0v) is 41.2. The van der Waals surface area contributed by atoms with E-state index in [-0.39, 0.29) is 17.3 Å². The van der Waals surface area contributed by atoms with Gasteiger partial charge in [0.2, 0.25) is 0 Å². The van der Waals surface area contributed by atoms with Gasteiger partial charge in [0.25, 0.3) is 0 Å². The topological polar surface area (TPSA) is 78.4 Å². The summed E-state index contributed by atoms with van der Waals surface area (Å²) in [5.74, 6) is 1.01. The van der Waals surface area contributed by atoms with Crippen LogP contribution in [0.1, 0.15) is 127 Å². The average Bonchev–Trinajstić information content (AvgIpc) is 4.20. The molecule has 0 saturated heterocycles. The van der Waals surface area contributed by atoms with E-state index in [9.17, 15) is 14.7 Å². The molecule has 0 unspecified atom stereocenters. The number of allylic oxidation sites excluding steroid dienone is 3. The number of hydrogen-bond donors (Lipinski definition) is 1. The van der Waals surface area contributed by atoms with Gasteiger partial charge in [-0.2, -0.15) is 0 Å². The Morgan fingerprint density at radius 2 is 0.942 bits per heavy atom. The van der Waals surface area contributed by atoms with Crippen LogP contribution in [0.15, 0.2) is 105 Å². The smallest absolute Gasteiger partial charge is 0.163 e. The molecule has 12 rings (SSSR count). The van der Waals surface area contributed by atoms with Crippen molar-refractivity contribution in [3.05, 3.63) is 149 Å². The third kappa shape index (κ3) is 7.49. The van der Waals surface area contributed by atoms with E-state index in [1.807, 2.05) is 12.1 Å². The molecule has 0 saturated carbocycles. The molecule has 0 spiro atoms. The van der Waals surface area contributed by atoms with Crippen molar-refractivity contribution in [3.63, 3.8) is 0 Å². The molecule has 1 N–H and O–H groups in total. The number of aromatic nitrogens is 3. The second kappa shape index (κ2) is 18.1. The van der Waals surface area contributed by atoms with Crippen molar-refractivity contribution in [1.82, 2.24) is 13.7 Å². The van der Waals surface area contributed by atoms with Gasteiger partial charge in [-0.25, -0.2) is 0 Å². The highest BCUT2D eigenvalue weighted by Crippen LogP contribution is 2.45. The number of Topliss-reactive ketones (excluding diaryl/α,β-unsaturated/α-hetero) is 2. The predicted octanol–water partition coefficient (Wildman–Crippen LogP) is 15.6. The van der Waals surface area contributed by atoms with E-state index < -0.39 is 0 Å². The summed E-state index contributed by atoms with van der Waals surface area (Å²) >= 11 is 0. The summed E-state index contributed by atoms with van der Waals surface area (Å²) in [6.07, 6.45) is 9.52. The molecule has 0 fully saturated rings. The molecule has 0 radical (unpaired) electrons. The fraction of sp³-hybridized carbons (Fsp3) is 0.290. The zero-order chi connectivity index (χ0) is 48.4. The summed E-state index contributed by atoms with van der Waals surface area (Å²) in [4.78, 5) is 23.7. The molecule has 3 aliphatic rings.